The van der Waals surface area contributed by atoms with Gasteiger partial charge in [-0.3, -0.25) is 9.89 Å². The first-order valence-electron chi connectivity index (χ1n) is 10.9. The fourth-order valence-electron chi connectivity index (χ4n) is 3.92. The molecule has 1 aliphatic rings. The maximum Gasteiger partial charge on any atom is 0.194 e. The van der Waals surface area contributed by atoms with Gasteiger partial charge in [0, 0.05) is 56.9 Å². The zero-order valence-electron chi connectivity index (χ0n) is 19.4. The van der Waals surface area contributed by atoms with Crippen molar-refractivity contribution in [3.63, 3.8) is 0 Å². The molecule has 1 aliphatic heterocycles. The molecule has 0 spiro atoms. The Hall–Kier alpha value is -2.74. The molecule has 0 radical (unpaired) electrons. The number of nitrogens with zero attached hydrogens (tertiary/aromatic N) is 4. The number of guanidine groups is 1. The van der Waals surface area contributed by atoms with Crippen LogP contribution in [0.2, 0.25) is 0 Å². The summed E-state index contributed by atoms with van der Waals surface area (Å²) in [6.07, 6.45) is 0.839. The van der Waals surface area contributed by atoms with E-state index in [4.69, 9.17) is 19.0 Å². The number of ether oxygens (including phenoxy) is 2. The van der Waals surface area contributed by atoms with Crippen molar-refractivity contribution in [3.8, 4) is 11.5 Å². The summed E-state index contributed by atoms with van der Waals surface area (Å²) < 4.78 is 16.2. The van der Waals surface area contributed by atoms with Crippen molar-refractivity contribution in [2.75, 3.05) is 53.5 Å². The minimum absolute atomic E-state index is 0.715. The van der Waals surface area contributed by atoms with Gasteiger partial charge in [0.1, 0.15) is 17.3 Å². The van der Waals surface area contributed by atoms with Gasteiger partial charge in [-0.1, -0.05) is 5.16 Å². The molecule has 0 amide bonds. The van der Waals surface area contributed by atoms with E-state index in [1.54, 1.807) is 14.2 Å². The molecule has 0 atom stereocenters. The zero-order valence-corrected chi connectivity index (χ0v) is 19.4. The van der Waals surface area contributed by atoms with E-state index >= 15 is 0 Å². The second kappa shape index (κ2) is 11.0. The number of benzene rings is 1. The number of hydrogen-bond acceptors (Lipinski definition) is 6. The first-order chi connectivity index (χ1) is 15.0. The summed E-state index contributed by atoms with van der Waals surface area (Å²) in [5.41, 5.74) is 3.27. The molecule has 1 N–H and O–H groups in total. The Bertz CT molecular complexity index is 853. The van der Waals surface area contributed by atoms with Crippen LogP contribution in [-0.2, 0) is 13.0 Å². The lowest BCUT2D eigenvalue weighted by Gasteiger charge is -2.36. The number of methoxy groups -OCH3 is 2. The molecule has 1 saturated heterocycles. The van der Waals surface area contributed by atoms with Crippen molar-refractivity contribution >= 4 is 5.96 Å². The number of rotatable bonds is 8. The second-order valence-corrected chi connectivity index (χ2v) is 7.73. The van der Waals surface area contributed by atoms with E-state index in [2.05, 4.69) is 33.3 Å². The van der Waals surface area contributed by atoms with Gasteiger partial charge in [0.05, 0.1) is 19.9 Å². The number of nitrogens with one attached hydrogen (secondary N) is 1. The summed E-state index contributed by atoms with van der Waals surface area (Å²) >= 11 is 0. The summed E-state index contributed by atoms with van der Waals surface area (Å²) in [4.78, 5) is 9.65. The van der Waals surface area contributed by atoms with Gasteiger partial charge in [-0.25, -0.2) is 0 Å². The fourth-order valence-corrected chi connectivity index (χ4v) is 3.92. The van der Waals surface area contributed by atoms with Crippen molar-refractivity contribution in [1.82, 2.24) is 20.3 Å². The highest BCUT2D eigenvalue weighted by Crippen LogP contribution is 2.25. The van der Waals surface area contributed by atoms with E-state index in [0.29, 0.717) is 6.54 Å². The van der Waals surface area contributed by atoms with Gasteiger partial charge in [-0.15, -0.1) is 0 Å². The van der Waals surface area contributed by atoms with Gasteiger partial charge in [0.15, 0.2) is 5.96 Å². The van der Waals surface area contributed by atoms with Crippen LogP contribution in [0.15, 0.2) is 27.7 Å². The molecule has 1 aromatic heterocycles. The normalized spacial score (nSPS) is 15.3. The van der Waals surface area contributed by atoms with Crippen LogP contribution in [-0.4, -0.2) is 74.4 Å². The number of aryl methyl sites for hydroxylation is 2. The minimum Gasteiger partial charge on any atom is -0.497 e. The molecule has 170 valence electrons. The number of piperazine rings is 1. The molecule has 31 heavy (non-hydrogen) atoms. The Labute approximate surface area is 185 Å². The molecule has 2 heterocycles. The number of aromatic nitrogens is 1. The number of hydrogen-bond donors (Lipinski definition) is 1. The third kappa shape index (κ3) is 5.91. The minimum atomic E-state index is 0.715. The molecule has 8 heteroatoms. The monoisotopic (exact) mass is 429 g/mol. The van der Waals surface area contributed by atoms with Crippen LogP contribution in [0.5, 0.6) is 11.5 Å². The van der Waals surface area contributed by atoms with E-state index in [0.717, 1.165) is 85.7 Å². The lowest BCUT2D eigenvalue weighted by Crippen LogP contribution is -2.52. The van der Waals surface area contributed by atoms with Gasteiger partial charge in [-0.2, -0.15) is 0 Å². The Kier molecular flexibility index (Phi) is 8.17. The lowest BCUT2D eigenvalue weighted by molar-refractivity contribution is 0.171. The van der Waals surface area contributed by atoms with Crippen LogP contribution in [0.3, 0.4) is 0 Å². The van der Waals surface area contributed by atoms with E-state index in [1.807, 2.05) is 26.0 Å². The van der Waals surface area contributed by atoms with E-state index in [9.17, 15) is 0 Å². The smallest absolute Gasteiger partial charge is 0.194 e. The molecule has 0 unspecified atom stereocenters. The highest BCUT2D eigenvalue weighted by Gasteiger charge is 2.21. The van der Waals surface area contributed by atoms with Gasteiger partial charge < -0.3 is 24.2 Å². The maximum absolute atomic E-state index is 5.54. The molecular weight excluding hydrogens is 394 g/mol. The summed E-state index contributed by atoms with van der Waals surface area (Å²) in [5, 5.41) is 7.48. The summed E-state index contributed by atoms with van der Waals surface area (Å²) in [7, 11) is 3.41. The Morgan fingerprint density at radius 2 is 1.94 bits per heavy atom. The van der Waals surface area contributed by atoms with Crippen LogP contribution in [0.25, 0.3) is 0 Å². The highest BCUT2D eigenvalue weighted by molar-refractivity contribution is 5.80. The molecule has 8 nitrogen and oxygen atoms in total. The zero-order chi connectivity index (χ0) is 22.2. The van der Waals surface area contributed by atoms with Gasteiger partial charge in [-0.05, 0) is 45.4 Å². The van der Waals surface area contributed by atoms with Crippen molar-refractivity contribution < 1.29 is 14.0 Å². The first-order valence-corrected chi connectivity index (χ1v) is 10.9. The maximum atomic E-state index is 5.54. The third-order valence-corrected chi connectivity index (χ3v) is 5.69. The van der Waals surface area contributed by atoms with Crippen LogP contribution < -0.4 is 14.8 Å². The molecule has 1 fully saturated rings. The average molecular weight is 430 g/mol. The average Bonchev–Trinajstić information content (AvgIpc) is 3.11. The van der Waals surface area contributed by atoms with Crippen LogP contribution in [0.4, 0.5) is 0 Å². The van der Waals surface area contributed by atoms with Gasteiger partial charge >= 0.3 is 0 Å². The highest BCUT2D eigenvalue weighted by atomic mass is 16.5. The topological polar surface area (TPSA) is 75.4 Å². The molecule has 2 aromatic rings. The Morgan fingerprint density at radius 3 is 2.55 bits per heavy atom. The molecule has 0 bridgehead atoms. The van der Waals surface area contributed by atoms with Crippen LogP contribution in [0.1, 0.15) is 29.5 Å². The Morgan fingerprint density at radius 1 is 1.16 bits per heavy atom. The summed E-state index contributed by atoms with van der Waals surface area (Å²) in [6, 6.07) is 5.97. The predicted octanol–water partition coefficient (Wildman–Crippen LogP) is 2.63. The quantitative estimate of drug-likeness (QED) is 0.511. The van der Waals surface area contributed by atoms with Crippen molar-refractivity contribution in [1.29, 1.82) is 0 Å². The van der Waals surface area contributed by atoms with Crippen LogP contribution >= 0.6 is 0 Å². The molecular formula is C23H35N5O3. The van der Waals surface area contributed by atoms with E-state index < -0.39 is 0 Å². The summed E-state index contributed by atoms with van der Waals surface area (Å²) in [6.45, 7) is 12.3. The molecule has 1 aromatic carbocycles. The summed E-state index contributed by atoms with van der Waals surface area (Å²) in [5.74, 6) is 3.62. The van der Waals surface area contributed by atoms with E-state index in [-0.39, 0.29) is 0 Å². The van der Waals surface area contributed by atoms with E-state index in [1.165, 1.54) is 0 Å². The van der Waals surface area contributed by atoms with Crippen molar-refractivity contribution in [2.24, 2.45) is 4.99 Å². The molecule has 3 rings (SSSR count). The van der Waals surface area contributed by atoms with Crippen LogP contribution in [0, 0.1) is 13.8 Å². The third-order valence-electron chi connectivity index (χ3n) is 5.69. The Balaban J connectivity index is 1.57. The lowest BCUT2D eigenvalue weighted by atomic mass is 10.1. The second-order valence-electron chi connectivity index (χ2n) is 7.73. The van der Waals surface area contributed by atoms with Crippen molar-refractivity contribution in [2.45, 2.75) is 33.7 Å². The van der Waals surface area contributed by atoms with Gasteiger partial charge in [0.25, 0.3) is 0 Å². The van der Waals surface area contributed by atoms with Gasteiger partial charge in [0.2, 0.25) is 0 Å². The predicted molar refractivity (Wildman–Crippen MR) is 122 cm³/mol. The SMILES string of the molecule is CCNC(=NCCc1c(C)noc1C)N1CCN(Cc2cc(OC)ccc2OC)CC1. The van der Waals surface area contributed by atoms with Crippen molar-refractivity contribution in [3.05, 3.63) is 40.8 Å². The largest absolute Gasteiger partial charge is 0.497 e. The molecule has 0 aliphatic carbocycles. The standard InChI is InChI=1S/C23H35N5O3/c1-6-24-23(25-10-9-21-17(2)26-31-18(21)3)28-13-11-27(12-14-28)16-19-15-20(29-4)7-8-22(19)30-5/h7-8,15H,6,9-14,16H2,1-5H3,(H,24,25). The molecule has 0 saturated carbocycles. The number of aliphatic imine (C=N–C) groups is 1. The first kappa shape index (κ1) is 22.9. The fraction of sp³-hybridized carbons (Fsp3) is 0.565.